The van der Waals surface area contributed by atoms with Gasteiger partial charge < -0.3 is 9.84 Å². The van der Waals surface area contributed by atoms with Crippen LogP contribution in [0.5, 0.6) is 0 Å². The van der Waals surface area contributed by atoms with Crippen molar-refractivity contribution in [3.63, 3.8) is 0 Å². The summed E-state index contributed by atoms with van der Waals surface area (Å²) in [5.41, 5.74) is 0.392. The molecule has 0 heterocycles. The van der Waals surface area contributed by atoms with Crippen molar-refractivity contribution in [1.82, 2.24) is 0 Å². The van der Waals surface area contributed by atoms with E-state index in [9.17, 15) is 9.90 Å². The van der Waals surface area contributed by atoms with E-state index in [1.54, 1.807) is 6.92 Å². The van der Waals surface area contributed by atoms with Crippen molar-refractivity contribution < 1.29 is 14.6 Å². The molecule has 3 heteroatoms. The molecule has 0 radical (unpaired) electrons. The molecule has 1 saturated carbocycles. The van der Waals surface area contributed by atoms with E-state index in [4.69, 9.17) is 4.74 Å². The fourth-order valence-electron chi connectivity index (χ4n) is 3.20. The lowest BCUT2D eigenvalue weighted by atomic mass is 9.68. The first-order chi connectivity index (χ1) is 8.86. The van der Waals surface area contributed by atoms with Crippen molar-refractivity contribution in [3.8, 4) is 0 Å². The topological polar surface area (TPSA) is 46.5 Å². The molecule has 0 saturated heterocycles. The summed E-state index contributed by atoms with van der Waals surface area (Å²) in [5.74, 6) is 1.58. The molecule has 1 aliphatic rings. The Labute approximate surface area is 117 Å². The van der Waals surface area contributed by atoms with Crippen LogP contribution in [0, 0.1) is 23.7 Å². The van der Waals surface area contributed by atoms with Crippen LogP contribution in [-0.2, 0) is 9.53 Å². The molecule has 0 aromatic carbocycles. The van der Waals surface area contributed by atoms with E-state index in [-0.39, 0.29) is 24.6 Å². The highest BCUT2D eigenvalue weighted by Gasteiger charge is 2.37. The van der Waals surface area contributed by atoms with Gasteiger partial charge in [-0.05, 0) is 37.5 Å². The number of aliphatic hydroxyl groups is 1. The fraction of sp³-hybridized carbons (Fsp3) is 0.812. The van der Waals surface area contributed by atoms with Gasteiger partial charge in [0.05, 0.1) is 6.61 Å². The van der Waals surface area contributed by atoms with Crippen LogP contribution in [0.25, 0.3) is 0 Å². The molecule has 0 aliphatic heterocycles. The quantitative estimate of drug-likeness (QED) is 0.615. The first kappa shape index (κ1) is 16.2. The third-order valence-corrected chi connectivity index (χ3v) is 4.34. The van der Waals surface area contributed by atoms with E-state index in [0.29, 0.717) is 23.3 Å². The summed E-state index contributed by atoms with van der Waals surface area (Å²) in [6.07, 6.45) is 3.02. The van der Waals surface area contributed by atoms with Crippen molar-refractivity contribution in [3.05, 3.63) is 12.2 Å². The Morgan fingerprint density at radius 1 is 1.37 bits per heavy atom. The lowest BCUT2D eigenvalue weighted by Crippen LogP contribution is -2.40. The number of hydrogen-bond acceptors (Lipinski definition) is 3. The highest BCUT2D eigenvalue weighted by Crippen LogP contribution is 2.40. The molecular weight excluding hydrogens is 240 g/mol. The summed E-state index contributed by atoms with van der Waals surface area (Å²) < 4.78 is 5.44. The van der Waals surface area contributed by atoms with Gasteiger partial charge in [0, 0.05) is 11.5 Å². The molecule has 4 unspecified atom stereocenters. The summed E-state index contributed by atoms with van der Waals surface area (Å²) in [4.78, 5) is 11.7. The predicted molar refractivity (Wildman–Crippen MR) is 76.6 cm³/mol. The molecule has 110 valence electrons. The summed E-state index contributed by atoms with van der Waals surface area (Å²) >= 11 is 0. The van der Waals surface area contributed by atoms with E-state index in [1.165, 1.54) is 6.42 Å². The average Bonchev–Trinajstić information content (AvgIpc) is 2.34. The third kappa shape index (κ3) is 4.34. The summed E-state index contributed by atoms with van der Waals surface area (Å²) in [7, 11) is 0. The first-order valence-corrected chi connectivity index (χ1v) is 7.34. The first-order valence-electron chi connectivity index (χ1n) is 7.34. The molecule has 0 aromatic heterocycles. The van der Waals surface area contributed by atoms with Gasteiger partial charge in [0.15, 0.2) is 0 Å². The van der Waals surface area contributed by atoms with Crippen molar-refractivity contribution in [1.29, 1.82) is 0 Å². The Morgan fingerprint density at radius 3 is 2.47 bits per heavy atom. The monoisotopic (exact) mass is 268 g/mol. The van der Waals surface area contributed by atoms with Crippen LogP contribution in [0.1, 0.15) is 47.0 Å². The number of ether oxygens (including phenoxy) is 1. The predicted octanol–water partition coefficient (Wildman–Crippen LogP) is 3.18. The fourth-order valence-corrected chi connectivity index (χ4v) is 3.20. The van der Waals surface area contributed by atoms with E-state index < -0.39 is 0 Å². The van der Waals surface area contributed by atoms with Crippen LogP contribution in [0.2, 0.25) is 0 Å². The minimum atomic E-state index is -0.389. The van der Waals surface area contributed by atoms with Crippen LogP contribution in [0.15, 0.2) is 12.2 Å². The molecule has 0 spiro atoms. The third-order valence-electron chi connectivity index (χ3n) is 4.34. The molecule has 1 fully saturated rings. The number of carbonyl (C=O) groups is 1. The molecule has 0 amide bonds. The van der Waals surface area contributed by atoms with Gasteiger partial charge in [0.2, 0.25) is 0 Å². The molecule has 4 atom stereocenters. The van der Waals surface area contributed by atoms with Gasteiger partial charge in [-0.3, -0.25) is 0 Å². The SMILES string of the molecule is C=C(C)C(=O)OC(CO)C1CC(C)CCC1C(C)C. The maximum Gasteiger partial charge on any atom is 0.333 e. The number of hydrogen-bond donors (Lipinski definition) is 1. The highest BCUT2D eigenvalue weighted by molar-refractivity contribution is 5.87. The molecule has 3 nitrogen and oxygen atoms in total. The Balaban J connectivity index is 2.79. The Bertz CT molecular complexity index is 322. The summed E-state index contributed by atoms with van der Waals surface area (Å²) in [5, 5.41) is 9.59. The van der Waals surface area contributed by atoms with Crippen LogP contribution in [0.4, 0.5) is 0 Å². The van der Waals surface area contributed by atoms with E-state index in [1.807, 2.05) is 0 Å². The summed E-state index contributed by atoms with van der Waals surface area (Å²) in [6, 6.07) is 0. The zero-order valence-corrected chi connectivity index (χ0v) is 12.7. The van der Waals surface area contributed by atoms with Gasteiger partial charge in [0.25, 0.3) is 0 Å². The largest absolute Gasteiger partial charge is 0.456 e. The van der Waals surface area contributed by atoms with Gasteiger partial charge in [-0.2, -0.15) is 0 Å². The second-order valence-corrected chi connectivity index (χ2v) is 6.40. The van der Waals surface area contributed by atoms with Crippen LogP contribution in [0.3, 0.4) is 0 Å². The van der Waals surface area contributed by atoms with Crippen LogP contribution < -0.4 is 0 Å². The van der Waals surface area contributed by atoms with Crippen molar-refractivity contribution in [2.24, 2.45) is 23.7 Å². The molecule has 19 heavy (non-hydrogen) atoms. The van der Waals surface area contributed by atoms with Crippen molar-refractivity contribution in [2.45, 2.75) is 53.1 Å². The maximum absolute atomic E-state index is 11.7. The Kier molecular flexibility index (Phi) is 6.05. The van der Waals surface area contributed by atoms with Crippen molar-refractivity contribution >= 4 is 5.97 Å². The zero-order chi connectivity index (χ0) is 14.6. The lowest BCUT2D eigenvalue weighted by Gasteiger charge is -2.40. The van der Waals surface area contributed by atoms with Crippen LogP contribution >= 0.6 is 0 Å². The van der Waals surface area contributed by atoms with Crippen molar-refractivity contribution in [2.75, 3.05) is 6.61 Å². The zero-order valence-electron chi connectivity index (χ0n) is 12.7. The molecule has 0 bridgehead atoms. The van der Waals surface area contributed by atoms with Gasteiger partial charge in [0.1, 0.15) is 6.10 Å². The maximum atomic E-state index is 11.7. The number of carbonyl (C=O) groups excluding carboxylic acids is 1. The van der Waals surface area contributed by atoms with E-state index in [2.05, 4.69) is 27.4 Å². The summed E-state index contributed by atoms with van der Waals surface area (Å²) in [6.45, 7) is 11.8. The number of aliphatic hydroxyl groups excluding tert-OH is 1. The molecular formula is C16H28O3. The standard InChI is InChI=1S/C16H28O3/c1-10(2)13-7-6-12(5)8-14(13)15(9-17)19-16(18)11(3)4/h10,12-15,17H,3,6-9H2,1-2,4-5H3. The second kappa shape index (κ2) is 7.09. The number of rotatable bonds is 5. The van der Waals surface area contributed by atoms with E-state index in [0.717, 1.165) is 12.8 Å². The minimum absolute atomic E-state index is 0.0976. The average molecular weight is 268 g/mol. The van der Waals surface area contributed by atoms with Gasteiger partial charge in [-0.1, -0.05) is 33.8 Å². The van der Waals surface area contributed by atoms with Gasteiger partial charge >= 0.3 is 5.97 Å². The minimum Gasteiger partial charge on any atom is -0.456 e. The Morgan fingerprint density at radius 2 is 2.00 bits per heavy atom. The van der Waals surface area contributed by atoms with Gasteiger partial charge in [-0.25, -0.2) is 4.79 Å². The lowest BCUT2D eigenvalue weighted by molar-refractivity contribution is -0.153. The second-order valence-electron chi connectivity index (χ2n) is 6.40. The Hall–Kier alpha value is -0.830. The van der Waals surface area contributed by atoms with Crippen LogP contribution in [-0.4, -0.2) is 23.8 Å². The molecule has 0 aromatic rings. The smallest absolute Gasteiger partial charge is 0.333 e. The molecule has 1 aliphatic carbocycles. The van der Waals surface area contributed by atoms with E-state index >= 15 is 0 Å². The number of esters is 1. The highest BCUT2D eigenvalue weighted by atomic mass is 16.6. The molecule has 1 rings (SSSR count). The van der Waals surface area contributed by atoms with Gasteiger partial charge in [-0.15, -0.1) is 0 Å². The normalized spacial score (nSPS) is 29.1. The molecule has 1 N–H and O–H groups in total.